The highest BCUT2D eigenvalue weighted by Gasteiger charge is 2.21. The van der Waals surface area contributed by atoms with Crippen molar-refractivity contribution in [3.05, 3.63) is 28.0 Å². The third kappa shape index (κ3) is 2.53. The van der Waals surface area contributed by atoms with Crippen molar-refractivity contribution < 1.29 is 9.90 Å². The summed E-state index contributed by atoms with van der Waals surface area (Å²) >= 11 is 5.91. The Hall–Kier alpha value is -1.09. The molecule has 4 heteroatoms. The molecule has 0 saturated carbocycles. The predicted octanol–water partition coefficient (Wildman–Crippen LogP) is 3.68. The molecule has 0 unspecified atom stereocenters. The minimum atomic E-state index is -0.934. The number of carboxylic acid groups (broad SMARTS) is 1. The Labute approximate surface area is 100 Å². The molecule has 0 amide bonds. The maximum atomic E-state index is 11.3. The molecular formula is C12H16ClNO2. The van der Waals surface area contributed by atoms with Crippen molar-refractivity contribution in [3.8, 4) is 0 Å². The third-order valence-corrected chi connectivity index (χ3v) is 2.62. The molecule has 1 rings (SSSR count). The van der Waals surface area contributed by atoms with E-state index in [9.17, 15) is 9.90 Å². The van der Waals surface area contributed by atoms with Gasteiger partial charge in [-0.3, -0.25) is 0 Å². The Morgan fingerprint density at radius 3 is 2.25 bits per heavy atom. The molecule has 1 N–H and O–H groups in total. The molecule has 0 radical (unpaired) electrons. The molecule has 0 aromatic carbocycles. The molecule has 0 aliphatic heterocycles. The monoisotopic (exact) mass is 241 g/mol. The number of carboxylic acids is 1. The molecule has 0 saturated heterocycles. The first-order chi connectivity index (χ1) is 7.34. The highest BCUT2D eigenvalue weighted by Crippen LogP contribution is 2.28. The molecule has 0 aliphatic rings. The molecular weight excluding hydrogens is 226 g/mol. The lowest BCUT2D eigenvalue weighted by atomic mass is 9.93. The topological polar surface area (TPSA) is 50.2 Å². The van der Waals surface area contributed by atoms with E-state index in [2.05, 4.69) is 4.98 Å². The Bertz CT molecular complexity index is 384. The Morgan fingerprint density at radius 2 is 1.88 bits per heavy atom. The zero-order chi connectivity index (χ0) is 12.5. The first kappa shape index (κ1) is 13.0. The lowest BCUT2D eigenvalue weighted by molar-refractivity contribution is 0.0693. The van der Waals surface area contributed by atoms with Gasteiger partial charge in [-0.2, -0.15) is 0 Å². The van der Waals surface area contributed by atoms with Crippen LogP contribution in [0.2, 0.25) is 5.15 Å². The van der Waals surface area contributed by atoms with Crippen LogP contribution in [0.4, 0.5) is 0 Å². The lowest BCUT2D eigenvalue weighted by Crippen LogP contribution is -2.12. The first-order valence-electron chi connectivity index (χ1n) is 5.28. The maximum absolute atomic E-state index is 11.3. The molecule has 1 heterocycles. The third-order valence-electron chi connectivity index (χ3n) is 2.43. The van der Waals surface area contributed by atoms with Crippen molar-refractivity contribution in [2.75, 3.05) is 0 Å². The number of pyridine rings is 1. The number of hydrogen-bond donors (Lipinski definition) is 1. The molecule has 88 valence electrons. The van der Waals surface area contributed by atoms with Crippen LogP contribution in [0.3, 0.4) is 0 Å². The molecule has 1 aromatic heterocycles. The van der Waals surface area contributed by atoms with E-state index >= 15 is 0 Å². The van der Waals surface area contributed by atoms with Crippen LogP contribution < -0.4 is 0 Å². The van der Waals surface area contributed by atoms with Crippen molar-refractivity contribution in [1.29, 1.82) is 0 Å². The van der Waals surface area contributed by atoms with Crippen LogP contribution in [-0.4, -0.2) is 16.1 Å². The summed E-state index contributed by atoms with van der Waals surface area (Å²) in [6.07, 6.45) is 0. The Balaban J connectivity index is 3.54. The molecule has 0 bridgehead atoms. The van der Waals surface area contributed by atoms with Crippen LogP contribution in [0, 0.1) is 0 Å². The van der Waals surface area contributed by atoms with E-state index in [0.29, 0.717) is 16.4 Å². The van der Waals surface area contributed by atoms with E-state index in [-0.39, 0.29) is 11.8 Å². The summed E-state index contributed by atoms with van der Waals surface area (Å²) < 4.78 is 0. The van der Waals surface area contributed by atoms with Gasteiger partial charge in [0.05, 0.1) is 11.3 Å². The number of aromatic nitrogens is 1. The molecule has 16 heavy (non-hydrogen) atoms. The summed E-state index contributed by atoms with van der Waals surface area (Å²) in [5, 5.41) is 9.61. The van der Waals surface area contributed by atoms with Crippen LogP contribution in [0.15, 0.2) is 6.07 Å². The van der Waals surface area contributed by atoms with Gasteiger partial charge in [0.25, 0.3) is 0 Å². The summed E-state index contributed by atoms with van der Waals surface area (Å²) in [5.41, 5.74) is 1.61. The Kier molecular flexibility index (Phi) is 3.92. The number of aromatic carboxylic acids is 1. The van der Waals surface area contributed by atoms with Gasteiger partial charge >= 0.3 is 5.97 Å². The fourth-order valence-corrected chi connectivity index (χ4v) is 1.87. The van der Waals surface area contributed by atoms with Gasteiger partial charge in [0.1, 0.15) is 5.15 Å². The van der Waals surface area contributed by atoms with Gasteiger partial charge in [0, 0.05) is 0 Å². The van der Waals surface area contributed by atoms with Gasteiger partial charge in [0.2, 0.25) is 0 Å². The van der Waals surface area contributed by atoms with Crippen LogP contribution >= 0.6 is 11.6 Å². The number of rotatable bonds is 3. The minimum absolute atomic E-state index is 0.0438. The maximum Gasteiger partial charge on any atom is 0.337 e. The molecule has 0 atom stereocenters. The minimum Gasteiger partial charge on any atom is -0.478 e. The number of carbonyl (C=O) groups is 1. The normalized spacial score (nSPS) is 11.2. The first-order valence-corrected chi connectivity index (χ1v) is 5.66. The molecule has 0 fully saturated rings. The van der Waals surface area contributed by atoms with Gasteiger partial charge in [-0.1, -0.05) is 39.3 Å². The number of halogens is 1. The second kappa shape index (κ2) is 4.83. The number of nitrogens with zero attached hydrogens (tertiary/aromatic N) is 1. The van der Waals surface area contributed by atoms with Gasteiger partial charge in [-0.15, -0.1) is 0 Å². The smallest absolute Gasteiger partial charge is 0.337 e. The average molecular weight is 242 g/mol. The van der Waals surface area contributed by atoms with Crippen molar-refractivity contribution in [3.63, 3.8) is 0 Å². The molecule has 0 aliphatic carbocycles. The quantitative estimate of drug-likeness (QED) is 0.822. The SMILES string of the molecule is CC(C)c1cc(Cl)nc(C(C)C)c1C(=O)O. The largest absolute Gasteiger partial charge is 0.478 e. The highest BCUT2D eigenvalue weighted by atomic mass is 35.5. The van der Waals surface area contributed by atoms with Crippen LogP contribution in [0.1, 0.15) is 61.1 Å². The molecule has 0 spiro atoms. The Morgan fingerprint density at radius 1 is 1.31 bits per heavy atom. The van der Waals surface area contributed by atoms with Crippen molar-refractivity contribution in [2.24, 2.45) is 0 Å². The van der Waals surface area contributed by atoms with Crippen LogP contribution in [-0.2, 0) is 0 Å². The number of hydrogen-bond acceptors (Lipinski definition) is 2. The van der Waals surface area contributed by atoms with Crippen LogP contribution in [0.25, 0.3) is 0 Å². The standard InChI is InChI=1S/C12H16ClNO2/c1-6(2)8-5-9(13)14-11(7(3)4)10(8)12(15)16/h5-7H,1-4H3,(H,15,16). The van der Waals surface area contributed by atoms with Crippen LogP contribution in [0.5, 0.6) is 0 Å². The van der Waals surface area contributed by atoms with E-state index in [1.165, 1.54) is 0 Å². The summed E-state index contributed by atoms with van der Waals surface area (Å²) in [4.78, 5) is 15.4. The highest BCUT2D eigenvalue weighted by molar-refractivity contribution is 6.29. The van der Waals surface area contributed by atoms with Gasteiger partial charge in [0.15, 0.2) is 0 Å². The van der Waals surface area contributed by atoms with E-state index in [4.69, 9.17) is 11.6 Å². The fourth-order valence-electron chi connectivity index (χ4n) is 1.66. The second-order valence-corrected chi connectivity index (χ2v) is 4.80. The summed E-state index contributed by atoms with van der Waals surface area (Å²) in [6, 6.07) is 1.64. The summed E-state index contributed by atoms with van der Waals surface area (Å²) in [6.45, 7) is 7.72. The van der Waals surface area contributed by atoms with E-state index in [1.807, 2.05) is 27.7 Å². The molecule has 1 aromatic rings. The van der Waals surface area contributed by atoms with Gasteiger partial charge < -0.3 is 5.11 Å². The van der Waals surface area contributed by atoms with Gasteiger partial charge in [-0.05, 0) is 23.5 Å². The van der Waals surface area contributed by atoms with Gasteiger partial charge in [-0.25, -0.2) is 9.78 Å². The second-order valence-electron chi connectivity index (χ2n) is 4.41. The van der Waals surface area contributed by atoms with Crippen molar-refractivity contribution in [2.45, 2.75) is 39.5 Å². The van der Waals surface area contributed by atoms with E-state index < -0.39 is 5.97 Å². The summed E-state index contributed by atoms with van der Waals surface area (Å²) in [5.74, 6) is -0.775. The zero-order valence-electron chi connectivity index (χ0n) is 9.91. The fraction of sp³-hybridized carbons (Fsp3) is 0.500. The predicted molar refractivity (Wildman–Crippen MR) is 64.4 cm³/mol. The van der Waals surface area contributed by atoms with E-state index in [1.54, 1.807) is 6.07 Å². The van der Waals surface area contributed by atoms with E-state index in [0.717, 1.165) is 5.56 Å². The molecule has 3 nitrogen and oxygen atoms in total. The lowest BCUT2D eigenvalue weighted by Gasteiger charge is -2.16. The van der Waals surface area contributed by atoms with Crippen molar-refractivity contribution >= 4 is 17.6 Å². The average Bonchev–Trinajstić information content (AvgIpc) is 2.15. The summed E-state index contributed by atoms with van der Waals surface area (Å²) in [7, 11) is 0. The zero-order valence-corrected chi connectivity index (χ0v) is 10.7. The van der Waals surface area contributed by atoms with Crippen molar-refractivity contribution in [1.82, 2.24) is 4.98 Å².